The van der Waals surface area contributed by atoms with Gasteiger partial charge in [0.2, 0.25) is 10.0 Å². The second-order valence-corrected chi connectivity index (χ2v) is 9.59. The van der Waals surface area contributed by atoms with Crippen molar-refractivity contribution in [3.63, 3.8) is 0 Å². The Labute approximate surface area is 163 Å². The molecule has 1 fully saturated rings. The first-order valence-electron chi connectivity index (χ1n) is 8.75. The van der Waals surface area contributed by atoms with Gasteiger partial charge in [-0.25, -0.2) is 13.4 Å². The van der Waals surface area contributed by atoms with E-state index >= 15 is 0 Å². The molecule has 0 atom stereocenters. The number of hydrogen-bond donors (Lipinski definition) is 1. The van der Waals surface area contributed by atoms with Crippen molar-refractivity contribution in [1.82, 2.24) is 9.29 Å². The SMILES string of the molecule is Cc1nc(C(C)C)sc1C(=O)Nc1cccc(S(=O)(=O)N2CCOCC2)c1. The molecule has 1 saturated heterocycles. The van der Waals surface area contributed by atoms with Crippen molar-refractivity contribution < 1.29 is 17.9 Å². The fourth-order valence-electron chi connectivity index (χ4n) is 2.73. The zero-order chi connectivity index (χ0) is 19.6. The van der Waals surface area contributed by atoms with Crippen molar-refractivity contribution in [3.05, 3.63) is 39.8 Å². The van der Waals surface area contributed by atoms with Gasteiger partial charge in [0.15, 0.2) is 0 Å². The summed E-state index contributed by atoms with van der Waals surface area (Å²) in [5.41, 5.74) is 1.12. The van der Waals surface area contributed by atoms with Crippen molar-refractivity contribution >= 4 is 33.0 Å². The smallest absolute Gasteiger partial charge is 0.267 e. The van der Waals surface area contributed by atoms with Gasteiger partial charge < -0.3 is 10.1 Å². The van der Waals surface area contributed by atoms with Crippen LogP contribution in [-0.2, 0) is 14.8 Å². The van der Waals surface area contributed by atoms with Crippen molar-refractivity contribution in [2.24, 2.45) is 0 Å². The largest absolute Gasteiger partial charge is 0.379 e. The van der Waals surface area contributed by atoms with Crippen LogP contribution >= 0.6 is 11.3 Å². The van der Waals surface area contributed by atoms with E-state index in [9.17, 15) is 13.2 Å². The van der Waals surface area contributed by atoms with Crippen LogP contribution in [0.3, 0.4) is 0 Å². The minimum absolute atomic E-state index is 0.158. The highest BCUT2D eigenvalue weighted by atomic mass is 32.2. The Morgan fingerprint density at radius 1 is 1.30 bits per heavy atom. The van der Waals surface area contributed by atoms with E-state index in [-0.39, 0.29) is 16.7 Å². The number of benzene rings is 1. The van der Waals surface area contributed by atoms with E-state index in [1.165, 1.54) is 27.8 Å². The van der Waals surface area contributed by atoms with E-state index in [0.717, 1.165) is 5.01 Å². The zero-order valence-electron chi connectivity index (χ0n) is 15.6. The van der Waals surface area contributed by atoms with Gasteiger partial charge in [0.05, 0.1) is 28.8 Å². The van der Waals surface area contributed by atoms with Crippen LogP contribution in [0.15, 0.2) is 29.2 Å². The monoisotopic (exact) mass is 409 g/mol. The number of hydrogen-bond acceptors (Lipinski definition) is 6. The topological polar surface area (TPSA) is 88.6 Å². The summed E-state index contributed by atoms with van der Waals surface area (Å²) in [6, 6.07) is 6.33. The molecular formula is C18H23N3O4S2. The normalized spacial score (nSPS) is 15.9. The predicted octanol–water partition coefficient (Wildman–Crippen LogP) is 2.85. The standard InChI is InChI=1S/C18H23N3O4S2/c1-12(2)18-19-13(3)16(26-18)17(22)20-14-5-4-6-15(11-14)27(23,24)21-7-9-25-10-8-21/h4-6,11-12H,7-10H2,1-3H3,(H,20,22). The molecule has 2 heterocycles. The molecule has 27 heavy (non-hydrogen) atoms. The number of amides is 1. The summed E-state index contributed by atoms with van der Waals surface area (Å²) in [4.78, 5) is 17.8. The summed E-state index contributed by atoms with van der Waals surface area (Å²) >= 11 is 1.36. The third kappa shape index (κ3) is 4.37. The Kier molecular flexibility index (Phi) is 5.95. The fraction of sp³-hybridized carbons (Fsp3) is 0.444. The number of carbonyl (C=O) groups is 1. The van der Waals surface area contributed by atoms with Gasteiger partial charge in [-0.05, 0) is 25.1 Å². The molecule has 0 aliphatic carbocycles. The van der Waals surface area contributed by atoms with Crippen molar-refractivity contribution in [1.29, 1.82) is 0 Å². The first kappa shape index (κ1) is 19.9. The molecule has 0 saturated carbocycles. The molecule has 2 aromatic rings. The van der Waals surface area contributed by atoms with Crippen molar-refractivity contribution in [2.75, 3.05) is 31.6 Å². The number of carbonyl (C=O) groups excluding carboxylic acids is 1. The van der Waals surface area contributed by atoms with Gasteiger partial charge in [-0.15, -0.1) is 11.3 Å². The maximum atomic E-state index is 12.8. The molecule has 0 spiro atoms. The van der Waals surface area contributed by atoms with E-state index in [4.69, 9.17) is 4.74 Å². The van der Waals surface area contributed by atoms with Gasteiger partial charge in [-0.1, -0.05) is 19.9 Å². The number of morpholine rings is 1. The van der Waals surface area contributed by atoms with Crippen LogP contribution in [0, 0.1) is 6.92 Å². The number of aromatic nitrogens is 1. The molecule has 146 valence electrons. The number of aryl methyl sites for hydroxylation is 1. The Morgan fingerprint density at radius 2 is 2.00 bits per heavy atom. The summed E-state index contributed by atoms with van der Waals surface area (Å²) in [6.45, 7) is 7.29. The number of nitrogens with one attached hydrogen (secondary N) is 1. The molecular weight excluding hydrogens is 386 g/mol. The lowest BCUT2D eigenvalue weighted by atomic mass is 10.2. The first-order valence-corrected chi connectivity index (χ1v) is 11.0. The quantitative estimate of drug-likeness (QED) is 0.820. The lowest BCUT2D eigenvalue weighted by Crippen LogP contribution is -2.40. The minimum Gasteiger partial charge on any atom is -0.379 e. The lowest BCUT2D eigenvalue weighted by molar-refractivity contribution is 0.0730. The molecule has 0 radical (unpaired) electrons. The van der Waals surface area contributed by atoms with Crippen LogP contribution in [0.2, 0.25) is 0 Å². The van der Waals surface area contributed by atoms with Gasteiger partial charge in [-0.2, -0.15) is 4.31 Å². The second-order valence-electron chi connectivity index (χ2n) is 6.62. The average Bonchev–Trinajstić information content (AvgIpc) is 3.05. The molecule has 7 nitrogen and oxygen atoms in total. The predicted molar refractivity (Wildman–Crippen MR) is 105 cm³/mol. The number of thiazole rings is 1. The van der Waals surface area contributed by atoms with Crippen molar-refractivity contribution in [2.45, 2.75) is 31.6 Å². The molecule has 1 aliphatic rings. The van der Waals surface area contributed by atoms with Crippen LogP contribution in [0.1, 0.15) is 40.1 Å². The van der Waals surface area contributed by atoms with Gasteiger partial charge in [0, 0.05) is 24.7 Å². The van der Waals surface area contributed by atoms with Crippen LogP contribution in [0.4, 0.5) is 5.69 Å². The molecule has 1 aliphatic heterocycles. The Balaban J connectivity index is 1.80. The lowest BCUT2D eigenvalue weighted by Gasteiger charge is -2.26. The molecule has 1 amide bonds. The highest BCUT2D eigenvalue weighted by Crippen LogP contribution is 2.26. The molecule has 1 aromatic heterocycles. The molecule has 0 bridgehead atoms. The number of anilines is 1. The number of sulfonamides is 1. The van der Waals surface area contributed by atoms with E-state index in [1.54, 1.807) is 19.1 Å². The Hall–Kier alpha value is -1.81. The molecule has 1 aromatic carbocycles. The van der Waals surface area contributed by atoms with Gasteiger partial charge in [0.25, 0.3) is 5.91 Å². The summed E-state index contributed by atoms with van der Waals surface area (Å²) in [7, 11) is -3.61. The molecule has 1 N–H and O–H groups in total. The summed E-state index contributed by atoms with van der Waals surface area (Å²) in [5, 5.41) is 3.69. The molecule has 3 rings (SSSR count). The maximum absolute atomic E-state index is 12.8. The minimum atomic E-state index is -3.61. The number of rotatable bonds is 5. The maximum Gasteiger partial charge on any atom is 0.267 e. The van der Waals surface area contributed by atoms with Gasteiger partial charge in [-0.3, -0.25) is 4.79 Å². The third-order valence-corrected chi connectivity index (χ3v) is 7.56. The highest BCUT2D eigenvalue weighted by Gasteiger charge is 2.26. The highest BCUT2D eigenvalue weighted by molar-refractivity contribution is 7.89. The van der Waals surface area contributed by atoms with Gasteiger partial charge >= 0.3 is 0 Å². The second kappa shape index (κ2) is 8.05. The number of nitrogens with zero attached hydrogens (tertiary/aromatic N) is 2. The van der Waals surface area contributed by atoms with Crippen LogP contribution in [0.25, 0.3) is 0 Å². The summed E-state index contributed by atoms with van der Waals surface area (Å²) < 4.78 is 32.2. The van der Waals surface area contributed by atoms with Crippen LogP contribution < -0.4 is 5.32 Å². The third-order valence-electron chi connectivity index (χ3n) is 4.21. The zero-order valence-corrected chi connectivity index (χ0v) is 17.2. The molecule has 0 unspecified atom stereocenters. The average molecular weight is 410 g/mol. The van der Waals surface area contributed by atoms with E-state index in [0.29, 0.717) is 42.6 Å². The van der Waals surface area contributed by atoms with E-state index in [1.807, 2.05) is 13.8 Å². The first-order chi connectivity index (χ1) is 12.8. The van der Waals surface area contributed by atoms with Gasteiger partial charge in [0.1, 0.15) is 4.88 Å². The molecule has 9 heteroatoms. The fourth-order valence-corrected chi connectivity index (χ4v) is 5.15. The summed E-state index contributed by atoms with van der Waals surface area (Å²) in [6.07, 6.45) is 0. The van der Waals surface area contributed by atoms with Crippen LogP contribution in [0.5, 0.6) is 0 Å². The van der Waals surface area contributed by atoms with Crippen LogP contribution in [-0.4, -0.2) is 49.9 Å². The Bertz CT molecular complexity index is 932. The van der Waals surface area contributed by atoms with Crippen molar-refractivity contribution in [3.8, 4) is 0 Å². The van der Waals surface area contributed by atoms with E-state index in [2.05, 4.69) is 10.3 Å². The van der Waals surface area contributed by atoms with E-state index < -0.39 is 10.0 Å². The summed E-state index contributed by atoms with van der Waals surface area (Å²) in [5.74, 6) is -0.0323. The number of ether oxygens (including phenoxy) is 1. The Morgan fingerprint density at radius 3 is 2.63 bits per heavy atom.